The summed E-state index contributed by atoms with van der Waals surface area (Å²) in [7, 11) is 0. The zero-order chi connectivity index (χ0) is 14.8. The van der Waals surface area contributed by atoms with E-state index in [1.807, 2.05) is 0 Å². The van der Waals surface area contributed by atoms with Crippen LogP contribution in [0.1, 0.15) is 71.6 Å². The smallest absolute Gasteiger partial charge is 0.0596 e. The van der Waals surface area contributed by atoms with Crippen LogP contribution in [0.4, 0.5) is 0 Å². The molecule has 2 heteroatoms. The number of hydrogen-bond donors (Lipinski definition) is 2. The molecular weight excluding hydrogens is 260 g/mol. The van der Waals surface area contributed by atoms with Crippen molar-refractivity contribution >= 4 is 0 Å². The molecule has 4 fully saturated rings. The third-order valence-corrected chi connectivity index (χ3v) is 8.59. The Balaban J connectivity index is 1.62. The Morgan fingerprint density at radius 2 is 1.48 bits per heavy atom. The van der Waals surface area contributed by atoms with Crippen molar-refractivity contribution in [1.82, 2.24) is 0 Å². The Morgan fingerprint density at radius 3 is 2.29 bits per heavy atom. The Hall–Kier alpha value is -0.0800. The molecule has 0 aromatic rings. The van der Waals surface area contributed by atoms with E-state index in [0.29, 0.717) is 5.41 Å². The Bertz CT molecular complexity index is 422. The van der Waals surface area contributed by atoms with E-state index in [9.17, 15) is 10.2 Å². The molecule has 0 bridgehead atoms. The highest BCUT2D eigenvalue weighted by Gasteiger charge is 2.59. The number of fused-ring (bicyclic) bond motifs is 5. The maximum atomic E-state index is 10.5. The maximum absolute atomic E-state index is 10.5. The first kappa shape index (κ1) is 14.5. The molecule has 4 aliphatic carbocycles. The van der Waals surface area contributed by atoms with Crippen LogP contribution >= 0.6 is 0 Å². The van der Waals surface area contributed by atoms with E-state index in [4.69, 9.17) is 0 Å². The summed E-state index contributed by atoms with van der Waals surface area (Å²) in [6.45, 7) is 4.90. The lowest BCUT2D eigenvalue weighted by Gasteiger charge is -2.60. The molecule has 21 heavy (non-hydrogen) atoms. The van der Waals surface area contributed by atoms with Crippen LogP contribution in [0.15, 0.2) is 0 Å². The van der Waals surface area contributed by atoms with Gasteiger partial charge in [-0.25, -0.2) is 0 Å². The van der Waals surface area contributed by atoms with Crippen molar-refractivity contribution in [3.63, 3.8) is 0 Å². The van der Waals surface area contributed by atoms with Gasteiger partial charge >= 0.3 is 0 Å². The third-order valence-electron chi connectivity index (χ3n) is 8.59. The molecule has 4 rings (SSSR count). The zero-order valence-corrected chi connectivity index (χ0v) is 13.7. The van der Waals surface area contributed by atoms with Crippen LogP contribution in [0.5, 0.6) is 0 Å². The first-order valence-electron chi connectivity index (χ1n) is 9.31. The summed E-state index contributed by atoms with van der Waals surface area (Å²) in [6, 6.07) is 0. The van der Waals surface area contributed by atoms with E-state index in [-0.39, 0.29) is 17.6 Å². The predicted molar refractivity (Wildman–Crippen MR) is 83.7 cm³/mol. The van der Waals surface area contributed by atoms with E-state index < -0.39 is 0 Å². The molecule has 0 aromatic carbocycles. The average molecular weight is 292 g/mol. The van der Waals surface area contributed by atoms with Crippen LogP contribution < -0.4 is 0 Å². The van der Waals surface area contributed by atoms with Gasteiger partial charge in [-0.3, -0.25) is 0 Å². The van der Waals surface area contributed by atoms with Gasteiger partial charge in [0.15, 0.2) is 0 Å². The van der Waals surface area contributed by atoms with Crippen LogP contribution in [-0.4, -0.2) is 22.4 Å². The first-order chi connectivity index (χ1) is 9.95. The maximum Gasteiger partial charge on any atom is 0.0596 e. The van der Waals surface area contributed by atoms with E-state index in [0.717, 1.165) is 42.9 Å². The molecule has 4 saturated carbocycles. The third kappa shape index (κ3) is 1.91. The van der Waals surface area contributed by atoms with Crippen molar-refractivity contribution in [2.24, 2.45) is 34.5 Å². The number of aliphatic hydroxyl groups is 2. The minimum Gasteiger partial charge on any atom is -0.393 e. The second kappa shape index (κ2) is 4.71. The molecule has 0 spiro atoms. The van der Waals surface area contributed by atoms with Crippen molar-refractivity contribution in [2.75, 3.05) is 0 Å². The standard InChI is InChI=1S/C19H32O2/c1-18-9-7-13(20)11-12(18)3-4-14-15-5-6-17(21)19(15,2)10-8-16(14)18/h12-17,20-21H,3-11H2,1-2H3/t12-,13-,14+,15+,16-,17+,18-,19+/m1/s1. The molecule has 120 valence electrons. The van der Waals surface area contributed by atoms with Crippen LogP contribution in [0.3, 0.4) is 0 Å². The lowest BCUT2D eigenvalue weighted by Crippen LogP contribution is -2.54. The molecule has 0 aromatic heterocycles. The van der Waals surface area contributed by atoms with Crippen molar-refractivity contribution in [3.8, 4) is 0 Å². The van der Waals surface area contributed by atoms with Crippen molar-refractivity contribution in [2.45, 2.75) is 83.8 Å². The molecule has 0 amide bonds. The highest BCUT2D eigenvalue weighted by molar-refractivity contribution is 5.09. The minimum atomic E-state index is -0.0536. The van der Waals surface area contributed by atoms with Crippen LogP contribution in [0.2, 0.25) is 0 Å². The molecule has 0 radical (unpaired) electrons. The minimum absolute atomic E-state index is 0.0400. The Morgan fingerprint density at radius 1 is 0.762 bits per heavy atom. The van der Waals surface area contributed by atoms with Crippen molar-refractivity contribution in [3.05, 3.63) is 0 Å². The molecule has 0 heterocycles. The summed E-state index contributed by atoms with van der Waals surface area (Å²) in [6.07, 6.45) is 10.7. The van der Waals surface area contributed by atoms with E-state index >= 15 is 0 Å². The van der Waals surface area contributed by atoms with E-state index in [1.165, 1.54) is 38.5 Å². The topological polar surface area (TPSA) is 40.5 Å². The molecular formula is C19H32O2. The average Bonchev–Trinajstić information content (AvgIpc) is 2.76. The Kier molecular flexibility index (Phi) is 3.25. The Labute approximate surface area is 129 Å². The van der Waals surface area contributed by atoms with Gasteiger partial charge in [0.05, 0.1) is 12.2 Å². The largest absolute Gasteiger partial charge is 0.393 e. The van der Waals surface area contributed by atoms with Gasteiger partial charge in [0, 0.05) is 0 Å². The quantitative estimate of drug-likeness (QED) is 0.714. The molecule has 8 atom stereocenters. The number of aliphatic hydroxyl groups excluding tert-OH is 2. The van der Waals surface area contributed by atoms with Gasteiger partial charge in [-0.1, -0.05) is 13.8 Å². The first-order valence-corrected chi connectivity index (χ1v) is 9.31. The van der Waals surface area contributed by atoms with Crippen molar-refractivity contribution in [1.29, 1.82) is 0 Å². The summed E-state index contributed by atoms with van der Waals surface area (Å²) < 4.78 is 0. The van der Waals surface area contributed by atoms with E-state index in [1.54, 1.807) is 0 Å². The van der Waals surface area contributed by atoms with Gasteiger partial charge in [0.25, 0.3) is 0 Å². The van der Waals surface area contributed by atoms with Gasteiger partial charge in [-0.15, -0.1) is 0 Å². The fourth-order valence-electron chi connectivity index (χ4n) is 7.21. The number of rotatable bonds is 0. The summed E-state index contributed by atoms with van der Waals surface area (Å²) >= 11 is 0. The predicted octanol–water partition coefficient (Wildman–Crippen LogP) is 3.75. The molecule has 2 nitrogen and oxygen atoms in total. The number of hydrogen-bond acceptors (Lipinski definition) is 2. The zero-order valence-electron chi connectivity index (χ0n) is 13.7. The van der Waals surface area contributed by atoms with Crippen LogP contribution in [0, 0.1) is 34.5 Å². The fourth-order valence-corrected chi connectivity index (χ4v) is 7.21. The van der Waals surface area contributed by atoms with Crippen LogP contribution in [-0.2, 0) is 0 Å². The molecule has 0 unspecified atom stereocenters. The summed E-state index contributed by atoms with van der Waals surface area (Å²) in [4.78, 5) is 0. The fraction of sp³-hybridized carbons (Fsp3) is 1.00. The molecule has 2 N–H and O–H groups in total. The molecule has 0 aliphatic heterocycles. The van der Waals surface area contributed by atoms with E-state index in [2.05, 4.69) is 13.8 Å². The normalized spacial score (nSPS) is 60.0. The highest BCUT2D eigenvalue weighted by atomic mass is 16.3. The summed E-state index contributed by atoms with van der Waals surface area (Å²) in [5.74, 6) is 3.21. The summed E-state index contributed by atoms with van der Waals surface area (Å²) in [5, 5.41) is 20.5. The van der Waals surface area contributed by atoms with Crippen molar-refractivity contribution < 1.29 is 10.2 Å². The summed E-state index contributed by atoms with van der Waals surface area (Å²) in [5.41, 5.74) is 0.676. The molecule has 0 saturated heterocycles. The van der Waals surface area contributed by atoms with Gasteiger partial charge in [-0.2, -0.15) is 0 Å². The second-order valence-corrected chi connectivity index (χ2v) is 9.22. The van der Waals surface area contributed by atoms with Gasteiger partial charge < -0.3 is 10.2 Å². The second-order valence-electron chi connectivity index (χ2n) is 9.22. The SMILES string of the molecule is C[C@@]12CC[C@@H](O)C[C@H]1CC[C@@H]1[C@H]2CC[C@]2(C)[C@@H](O)CC[C@@H]12. The molecule has 4 aliphatic rings. The lowest BCUT2D eigenvalue weighted by molar-refractivity contribution is -0.133. The van der Waals surface area contributed by atoms with Gasteiger partial charge in [-0.05, 0) is 92.3 Å². The lowest BCUT2D eigenvalue weighted by atomic mass is 9.45. The van der Waals surface area contributed by atoms with Crippen LogP contribution in [0.25, 0.3) is 0 Å². The van der Waals surface area contributed by atoms with Gasteiger partial charge in [0.1, 0.15) is 0 Å². The monoisotopic (exact) mass is 292 g/mol. The van der Waals surface area contributed by atoms with Gasteiger partial charge in [0.2, 0.25) is 0 Å². The highest BCUT2D eigenvalue weighted by Crippen LogP contribution is 2.66.